The summed E-state index contributed by atoms with van der Waals surface area (Å²) in [5.74, 6) is -0.780. The molecule has 0 aliphatic heterocycles. The van der Waals surface area contributed by atoms with Gasteiger partial charge in [-0.1, -0.05) is 29.8 Å². The largest absolute Gasteiger partial charge is 0.497 e. The van der Waals surface area contributed by atoms with Gasteiger partial charge in [-0.3, -0.25) is 4.79 Å². The Kier molecular flexibility index (Phi) is 4.86. The van der Waals surface area contributed by atoms with Crippen molar-refractivity contribution in [3.05, 3.63) is 87.3 Å². The van der Waals surface area contributed by atoms with E-state index in [0.29, 0.717) is 16.9 Å². The van der Waals surface area contributed by atoms with Gasteiger partial charge in [-0.25, -0.2) is 8.78 Å². The Balaban J connectivity index is 2.01. The average Bonchev–Trinajstić information content (AvgIpc) is 2.61. The Labute approximate surface area is 148 Å². The van der Waals surface area contributed by atoms with Crippen LogP contribution < -0.4 is 10.3 Å². The van der Waals surface area contributed by atoms with Gasteiger partial charge < -0.3 is 9.30 Å². The van der Waals surface area contributed by atoms with Gasteiger partial charge in [0.2, 0.25) is 0 Å². The second-order valence-corrected chi connectivity index (χ2v) is 5.91. The summed E-state index contributed by atoms with van der Waals surface area (Å²) in [6, 6.07) is 12.3. The summed E-state index contributed by atoms with van der Waals surface area (Å²) in [6.07, 6.45) is 1.50. The fraction of sp³-hybridized carbons (Fsp3) is 0.105. The SMILES string of the molecule is COc1ccc(-c2cc(F)c(=O)n(Cc3ccc(Cl)cc3F)c2)cc1. The monoisotopic (exact) mass is 361 g/mol. The Hall–Kier alpha value is -2.66. The van der Waals surface area contributed by atoms with E-state index in [1.165, 1.54) is 24.4 Å². The lowest BCUT2D eigenvalue weighted by Gasteiger charge is -2.11. The molecular weight excluding hydrogens is 348 g/mol. The third kappa shape index (κ3) is 3.72. The molecule has 0 atom stereocenters. The van der Waals surface area contributed by atoms with Crippen LogP contribution in [0.5, 0.6) is 5.75 Å². The van der Waals surface area contributed by atoms with Gasteiger partial charge in [-0.05, 0) is 35.9 Å². The maximum atomic E-state index is 14.1. The van der Waals surface area contributed by atoms with Gasteiger partial charge in [0.1, 0.15) is 11.6 Å². The lowest BCUT2D eigenvalue weighted by molar-refractivity contribution is 0.415. The molecule has 1 heterocycles. The Bertz CT molecular complexity index is 968. The van der Waals surface area contributed by atoms with E-state index in [4.69, 9.17) is 16.3 Å². The Morgan fingerprint density at radius 1 is 1.00 bits per heavy atom. The van der Waals surface area contributed by atoms with Crippen LogP contribution in [0.25, 0.3) is 11.1 Å². The third-order valence-electron chi connectivity index (χ3n) is 3.82. The Morgan fingerprint density at radius 2 is 1.72 bits per heavy atom. The van der Waals surface area contributed by atoms with Crippen LogP contribution in [-0.2, 0) is 6.54 Å². The highest BCUT2D eigenvalue weighted by Gasteiger charge is 2.11. The summed E-state index contributed by atoms with van der Waals surface area (Å²) < 4.78 is 34.3. The minimum atomic E-state index is -0.900. The van der Waals surface area contributed by atoms with Gasteiger partial charge in [-0.15, -0.1) is 0 Å². The first kappa shape index (κ1) is 17.2. The molecule has 3 rings (SSSR count). The van der Waals surface area contributed by atoms with E-state index in [1.54, 1.807) is 31.4 Å². The van der Waals surface area contributed by atoms with E-state index < -0.39 is 17.2 Å². The number of rotatable bonds is 4. The molecule has 0 N–H and O–H groups in total. The summed E-state index contributed by atoms with van der Waals surface area (Å²) in [5.41, 5.74) is 0.656. The van der Waals surface area contributed by atoms with Crippen molar-refractivity contribution in [1.29, 1.82) is 0 Å². The zero-order valence-electron chi connectivity index (χ0n) is 13.3. The molecule has 0 amide bonds. The van der Waals surface area contributed by atoms with Gasteiger partial charge in [0, 0.05) is 22.3 Å². The van der Waals surface area contributed by atoms with Crippen molar-refractivity contribution in [2.75, 3.05) is 7.11 Å². The van der Waals surface area contributed by atoms with Crippen molar-refractivity contribution in [1.82, 2.24) is 4.57 Å². The number of benzene rings is 2. The summed E-state index contributed by atoms with van der Waals surface area (Å²) in [6.45, 7) is -0.0945. The number of methoxy groups -OCH3 is 1. The van der Waals surface area contributed by atoms with Gasteiger partial charge in [0.05, 0.1) is 13.7 Å². The molecule has 25 heavy (non-hydrogen) atoms. The van der Waals surface area contributed by atoms with Crippen LogP contribution in [0.3, 0.4) is 0 Å². The molecule has 3 nitrogen and oxygen atoms in total. The smallest absolute Gasteiger partial charge is 0.286 e. The van der Waals surface area contributed by atoms with Crippen LogP contribution in [0.1, 0.15) is 5.56 Å². The predicted molar refractivity (Wildman–Crippen MR) is 93.2 cm³/mol. The van der Waals surface area contributed by atoms with Crippen molar-refractivity contribution in [3.63, 3.8) is 0 Å². The normalized spacial score (nSPS) is 10.7. The highest BCUT2D eigenvalue weighted by molar-refractivity contribution is 6.30. The van der Waals surface area contributed by atoms with Crippen LogP contribution in [-0.4, -0.2) is 11.7 Å². The number of aromatic nitrogens is 1. The van der Waals surface area contributed by atoms with Crippen LogP contribution in [0.2, 0.25) is 5.02 Å². The predicted octanol–water partition coefficient (Wildman–Crippen LogP) is 4.50. The maximum Gasteiger partial charge on any atom is 0.286 e. The minimum absolute atomic E-state index is 0.0945. The van der Waals surface area contributed by atoms with E-state index >= 15 is 0 Å². The summed E-state index contributed by atoms with van der Waals surface area (Å²) >= 11 is 5.73. The number of hydrogen-bond donors (Lipinski definition) is 0. The number of halogens is 3. The maximum absolute atomic E-state index is 14.1. The van der Waals surface area contributed by atoms with Crippen LogP contribution in [0.4, 0.5) is 8.78 Å². The quantitative estimate of drug-likeness (QED) is 0.685. The van der Waals surface area contributed by atoms with E-state index in [1.807, 2.05) is 0 Å². The van der Waals surface area contributed by atoms with Crippen molar-refractivity contribution >= 4 is 11.6 Å². The van der Waals surface area contributed by atoms with Crippen LogP contribution >= 0.6 is 11.6 Å². The molecule has 0 radical (unpaired) electrons. The molecule has 0 saturated carbocycles. The highest BCUT2D eigenvalue weighted by Crippen LogP contribution is 2.23. The average molecular weight is 362 g/mol. The van der Waals surface area contributed by atoms with Crippen LogP contribution in [0.15, 0.2) is 59.5 Å². The van der Waals surface area contributed by atoms with E-state index in [-0.39, 0.29) is 17.1 Å². The second kappa shape index (κ2) is 7.07. The fourth-order valence-corrected chi connectivity index (χ4v) is 2.65. The van der Waals surface area contributed by atoms with Gasteiger partial charge in [0.25, 0.3) is 5.56 Å². The molecule has 0 bridgehead atoms. The first-order valence-electron chi connectivity index (χ1n) is 7.46. The molecule has 0 aliphatic carbocycles. The molecule has 0 aliphatic rings. The van der Waals surface area contributed by atoms with Gasteiger partial charge >= 0.3 is 0 Å². The molecule has 0 unspecified atom stereocenters. The van der Waals surface area contributed by atoms with Gasteiger partial charge in [-0.2, -0.15) is 0 Å². The first-order chi connectivity index (χ1) is 12.0. The van der Waals surface area contributed by atoms with Crippen molar-refractivity contribution < 1.29 is 13.5 Å². The number of nitrogens with zero attached hydrogens (tertiary/aromatic N) is 1. The molecule has 6 heteroatoms. The van der Waals surface area contributed by atoms with E-state index in [9.17, 15) is 13.6 Å². The zero-order chi connectivity index (χ0) is 18.0. The first-order valence-corrected chi connectivity index (χ1v) is 7.84. The zero-order valence-corrected chi connectivity index (χ0v) is 14.1. The molecule has 0 saturated heterocycles. The molecular formula is C19H14ClF2NO2. The molecule has 0 spiro atoms. The topological polar surface area (TPSA) is 31.2 Å². The molecule has 0 fully saturated rings. The van der Waals surface area contributed by atoms with E-state index in [2.05, 4.69) is 0 Å². The number of ether oxygens (including phenoxy) is 1. The van der Waals surface area contributed by atoms with Crippen molar-refractivity contribution in [2.24, 2.45) is 0 Å². The summed E-state index contributed by atoms with van der Waals surface area (Å²) in [7, 11) is 1.55. The summed E-state index contributed by atoms with van der Waals surface area (Å²) in [4.78, 5) is 12.1. The van der Waals surface area contributed by atoms with Crippen LogP contribution in [0, 0.1) is 11.6 Å². The molecule has 1 aromatic heterocycles. The van der Waals surface area contributed by atoms with Crippen molar-refractivity contribution in [2.45, 2.75) is 6.54 Å². The standard InChI is InChI=1S/C19H14ClF2NO2/c1-25-16-6-3-12(4-7-16)14-8-18(22)19(24)23(11-14)10-13-2-5-15(20)9-17(13)21/h2-9,11H,10H2,1H3. The second-order valence-electron chi connectivity index (χ2n) is 5.47. The van der Waals surface area contributed by atoms with E-state index in [0.717, 1.165) is 10.6 Å². The van der Waals surface area contributed by atoms with Crippen molar-refractivity contribution in [3.8, 4) is 16.9 Å². The number of pyridine rings is 1. The van der Waals surface area contributed by atoms with Gasteiger partial charge in [0.15, 0.2) is 5.82 Å². The fourth-order valence-electron chi connectivity index (χ4n) is 2.49. The Morgan fingerprint density at radius 3 is 2.36 bits per heavy atom. The minimum Gasteiger partial charge on any atom is -0.497 e. The lowest BCUT2D eigenvalue weighted by atomic mass is 10.1. The number of hydrogen-bond acceptors (Lipinski definition) is 2. The lowest BCUT2D eigenvalue weighted by Crippen LogP contribution is -2.23. The third-order valence-corrected chi connectivity index (χ3v) is 4.06. The molecule has 128 valence electrons. The summed E-state index contributed by atoms with van der Waals surface area (Å²) in [5, 5.41) is 0.256. The highest BCUT2D eigenvalue weighted by atomic mass is 35.5. The molecule has 3 aromatic rings. The molecule has 2 aromatic carbocycles.